The van der Waals surface area contributed by atoms with Gasteiger partial charge in [0, 0.05) is 12.1 Å². The van der Waals surface area contributed by atoms with Crippen LogP contribution < -0.4 is 10.6 Å². The Morgan fingerprint density at radius 2 is 1.30 bits per heavy atom. The van der Waals surface area contributed by atoms with Crippen molar-refractivity contribution < 1.29 is 0 Å². The van der Waals surface area contributed by atoms with E-state index >= 15 is 0 Å². The van der Waals surface area contributed by atoms with Crippen LogP contribution in [0.25, 0.3) is 0 Å². The molecule has 2 atom stereocenters. The van der Waals surface area contributed by atoms with Gasteiger partial charge in [-0.1, -0.05) is 12.8 Å². The fourth-order valence-corrected chi connectivity index (χ4v) is 1.82. The van der Waals surface area contributed by atoms with Gasteiger partial charge < -0.3 is 10.6 Å². The van der Waals surface area contributed by atoms with E-state index in [0.29, 0.717) is 12.1 Å². The van der Waals surface area contributed by atoms with Crippen molar-refractivity contribution in [2.45, 2.75) is 37.8 Å². The fourth-order valence-electron chi connectivity index (χ4n) is 1.82. The zero-order chi connectivity index (χ0) is 7.40. The Labute approximate surface area is 63.4 Å². The SMILES string of the molecule is CNC1CCCC[C@@H]1NC. The van der Waals surface area contributed by atoms with Crippen LogP contribution >= 0.6 is 0 Å². The molecule has 1 unspecified atom stereocenters. The number of likely N-dealkylation sites (N-methyl/N-ethyl adjacent to an activating group) is 2. The number of hydrogen-bond acceptors (Lipinski definition) is 2. The molecule has 2 nitrogen and oxygen atoms in total. The standard InChI is InChI=1S/C8H18N2/c1-9-7-5-3-4-6-8(7)10-2/h7-10H,3-6H2,1-2H3/t7-,8?/m0/s1. The Balaban J connectivity index is 2.34. The summed E-state index contributed by atoms with van der Waals surface area (Å²) in [5.41, 5.74) is 0. The molecule has 0 aromatic rings. The third kappa shape index (κ3) is 1.70. The predicted octanol–water partition coefficient (Wildman–Crippen LogP) is 0.736. The van der Waals surface area contributed by atoms with Gasteiger partial charge >= 0.3 is 0 Å². The summed E-state index contributed by atoms with van der Waals surface area (Å²) in [7, 11) is 4.11. The monoisotopic (exact) mass is 142 g/mol. The van der Waals surface area contributed by atoms with Crippen molar-refractivity contribution in [2.24, 2.45) is 0 Å². The van der Waals surface area contributed by atoms with Crippen LogP contribution in [-0.2, 0) is 0 Å². The highest BCUT2D eigenvalue weighted by Crippen LogP contribution is 2.17. The molecule has 1 fully saturated rings. The van der Waals surface area contributed by atoms with Crippen LogP contribution in [0.3, 0.4) is 0 Å². The number of rotatable bonds is 2. The van der Waals surface area contributed by atoms with Crippen molar-refractivity contribution in [1.82, 2.24) is 10.6 Å². The molecule has 1 rings (SSSR count). The molecule has 2 heteroatoms. The van der Waals surface area contributed by atoms with Gasteiger partial charge in [0.15, 0.2) is 0 Å². The first kappa shape index (κ1) is 8.02. The summed E-state index contributed by atoms with van der Waals surface area (Å²) in [6.07, 6.45) is 5.46. The lowest BCUT2D eigenvalue weighted by molar-refractivity contribution is 0.309. The molecule has 10 heavy (non-hydrogen) atoms. The van der Waals surface area contributed by atoms with Crippen molar-refractivity contribution in [1.29, 1.82) is 0 Å². The molecule has 0 heterocycles. The molecule has 0 aliphatic heterocycles. The number of hydrogen-bond donors (Lipinski definition) is 2. The maximum absolute atomic E-state index is 3.34. The molecule has 0 saturated heterocycles. The van der Waals surface area contributed by atoms with E-state index in [0.717, 1.165) is 0 Å². The van der Waals surface area contributed by atoms with E-state index < -0.39 is 0 Å². The van der Waals surface area contributed by atoms with Gasteiger partial charge in [-0.2, -0.15) is 0 Å². The topological polar surface area (TPSA) is 24.1 Å². The average molecular weight is 142 g/mol. The van der Waals surface area contributed by atoms with E-state index in [-0.39, 0.29) is 0 Å². The van der Waals surface area contributed by atoms with Crippen molar-refractivity contribution in [3.8, 4) is 0 Å². The summed E-state index contributed by atoms with van der Waals surface area (Å²) in [5.74, 6) is 0. The van der Waals surface area contributed by atoms with Crippen LogP contribution in [0.15, 0.2) is 0 Å². The Kier molecular flexibility index (Phi) is 3.16. The van der Waals surface area contributed by atoms with E-state index in [1.165, 1.54) is 25.7 Å². The van der Waals surface area contributed by atoms with Gasteiger partial charge in [-0.25, -0.2) is 0 Å². The van der Waals surface area contributed by atoms with Gasteiger partial charge in [0.05, 0.1) is 0 Å². The molecule has 0 spiro atoms. The first-order chi connectivity index (χ1) is 4.88. The third-order valence-corrected chi connectivity index (χ3v) is 2.51. The molecular weight excluding hydrogens is 124 g/mol. The second-order valence-electron chi connectivity index (χ2n) is 3.07. The van der Waals surface area contributed by atoms with Crippen molar-refractivity contribution in [3.63, 3.8) is 0 Å². The maximum atomic E-state index is 3.34. The van der Waals surface area contributed by atoms with Crippen molar-refractivity contribution in [2.75, 3.05) is 14.1 Å². The smallest absolute Gasteiger partial charge is 0.0218 e. The number of nitrogens with one attached hydrogen (secondary N) is 2. The Hall–Kier alpha value is -0.0800. The molecule has 1 aliphatic rings. The highest BCUT2D eigenvalue weighted by atomic mass is 15.0. The highest BCUT2D eigenvalue weighted by molar-refractivity contribution is 4.83. The van der Waals surface area contributed by atoms with Crippen LogP contribution in [-0.4, -0.2) is 26.2 Å². The Morgan fingerprint density at radius 1 is 0.900 bits per heavy atom. The van der Waals surface area contributed by atoms with Gasteiger partial charge in [-0.05, 0) is 26.9 Å². The van der Waals surface area contributed by atoms with Gasteiger partial charge in [-0.15, -0.1) is 0 Å². The predicted molar refractivity (Wildman–Crippen MR) is 44.2 cm³/mol. The summed E-state index contributed by atoms with van der Waals surface area (Å²) < 4.78 is 0. The summed E-state index contributed by atoms with van der Waals surface area (Å²) in [4.78, 5) is 0. The molecule has 0 amide bonds. The van der Waals surface area contributed by atoms with Gasteiger partial charge in [-0.3, -0.25) is 0 Å². The Morgan fingerprint density at radius 3 is 1.60 bits per heavy atom. The minimum atomic E-state index is 0.707. The highest BCUT2D eigenvalue weighted by Gasteiger charge is 2.21. The van der Waals surface area contributed by atoms with Crippen LogP contribution in [0.2, 0.25) is 0 Å². The van der Waals surface area contributed by atoms with E-state index in [9.17, 15) is 0 Å². The zero-order valence-corrected chi connectivity index (χ0v) is 6.98. The summed E-state index contributed by atoms with van der Waals surface area (Å²) in [5, 5.41) is 6.68. The maximum Gasteiger partial charge on any atom is 0.0218 e. The van der Waals surface area contributed by atoms with Gasteiger partial charge in [0.25, 0.3) is 0 Å². The largest absolute Gasteiger partial charge is 0.315 e. The Bertz CT molecular complexity index is 81.3. The molecule has 2 N–H and O–H groups in total. The summed E-state index contributed by atoms with van der Waals surface area (Å²) in [6.45, 7) is 0. The molecule has 0 bridgehead atoms. The molecule has 0 radical (unpaired) electrons. The van der Waals surface area contributed by atoms with Crippen LogP contribution in [0.4, 0.5) is 0 Å². The summed E-state index contributed by atoms with van der Waals surface area (Å²) in [6, 6.07) is 1.41. The first-order valence-electron chi connectivity index (χ1n) is 4.23. The normalized spacial score (nSPS) is 34.2. The lowest BCUT2D eigenvalue weighted by Gasteiger charge is -2.30. The summed E-state index contributed by atoms with van der Waals surface area (Å²) >= 11 is 0. The third-order valence-electron chi connectivity index (χ3n) is 2.51. The average Bonchev–Trinajstić information content (AvgIpc) is 2.04. The van der Waals surface area contributed by atoms with Gasteiger partial charge in [0.2, 0.25) is 0 Å². The lowest BCUT2D eigenvalue weighted by Crippen LogP contribution is -2.47. The molecule has 1 aliphatic carbocycles. The molecule has 0 aromatic heterocycles. The quantitative estimate of drug-likeness (QED) is 0.594. The van der Waals surface area contributed by atoms with E-state index in [4.69, 9.17) is 0 Å². The van der Waals surface area contributed by atoms with Crippen LogP contribution in [0, 0.1) is 0 Å². The van der Waals surface area contributed by atoms with Crippen LogP contribution in [0.5, 0.6) is 0 Å². The molecule has 0 aromatic carbocycles. The second-order valence-corrected chi connectivity index (χ2v) is 3.07. The van der Waals surface area contributed by atoms with Crippen LogP contribution in [0.1, 0.15) is 25.7 Å². The minimum absolute atomic E-state index is 0.707. The minimum Gasteiger partial charge on any atom is -0.315 e. The second kappa shape index (κ2) is 3.94. The van der Waals surface area contributed by atoms with E-state index in [1.807, 2.05) is 0 Å². The van der Waals surface area contributed by atoms with Crippen molar-refractivity contribution in [3.05, 3.63) is 0 Å². The molecule has 1 saturated carbocycles. The zero-order valence-electron chi connectivity index (χ0n) is 6.98. The van der Waals surface area contributed by atoms with Crippen molar-refractivity contribution >= 4 is 0 Å². The molecular formula is C8H18N2. The lowest BCUT2D eigenvalue weighted by atomic mass is 9.91. The van der Waals surface area contributed by atoms with E-state index in [1.54, 1.807) is 0 Å². The van der Waals surface area contributed by atoms with E-state index in [2.05, 4.69) is 24.7 Å². The fraction of sp³-hybridized carbons (Fsp3) is 1.00. The first-order valence-corrected chi connectivity index (χ1v) is 4.23. The van der Waals surface area contributed by atoms with Gasteiger partial charge in [0.1, 0.15) is 0 Å². The molecule has 60 valence electrons.